The van der Waals surface area contributed by atoms with Crippen LogP contribution in [-0.2, 0) is 4.79 Å². The standard InChI is InChI=1S/C12H13Cl2NO2S/c1-7(16)5-8-3-2-4-15(8)12(17)9-6-10(13)18-11(9)14/h6,8H,2-5H2,1H3. The molecule has 1 unspecified atom stereocenters. The van der Waals surface area contributed by atoms with Gasteiger partial charge in [0, 0.05) is 19.0 Å². The number of likely N-dealkylation sites (tertiary alicyclic amines) is 1. The van der Waals surface area contributed by atoms with E-state index in [0.29, 0.717) is 27.2 Å². The number of hydrogen-bond donors (Lipinski definition) is 0. The molecule has 1 fully saturated rings. The van der Waals surface area contributed by atoms with Gasteiger partial charge in [0.1, 0.15) is 10.1 Å². The van der Waals surface area contributed by atoms with Crippen molar-refractivity contribution in [2.24, 2.45) is 0 Å². The van der Waals surface area contributed by atoms with Crippen molar-refractivity contribution in [1.29, 1.82) is 0 Å². The molecule has 0 spiro atoms. The van der Waals surface area contributed by atoms with Crippen LogP contribution in [0.4, 0.5) is 0 Å². The molecule has 0 aliphatic carbocycles. The number of rotatable bonds is 3. The third-order valence-corrected chi connectivity index (χ3v) is 4.54. The highest BCUT2D eigenvalue weighted by molar-refractivity contribution is 7.20. The number of Topliss-reactive ketones (excluding diaryl/α,β-unsaturated/α-hetero) is 1. The smallest absolute Gasteiger partial charge is 0.256 e. The Balaban J connectivity index is 2.17. The van der Waals surface area contributed by atoms with Gasteiger partial charge in [-0.05, 0) is 25.8 Å². The topological polar surface area (TPSA) is 37.4 Å². The van der Waals surface area contributed by atoms with Crippen LogP contribution >= 0.6 is 34.5 Å². The van der Waals surface area contributed by atoms with Gasteiger partial charge in [-0.2, -0.15) is 0 Å². The van der Waals surface area contributed by atoms with E-state index in [-0.39, 0.29) is 17.7 Å². The van der Waals surface area contributed by atoms with Gasteiger partial charge in [0.2, 0.25) is 0 Å². The first kappa shape index (κ1) is 13.8. The van der Waals surface area contributed by atoms with E-state index in [1.54, 1.807) is 17.9 Å². The van der Waals surface area contributed by atoms with Gasteiger partial charge >= 0.3 is 0 Å². The Labute approximate surface area is 120 Å². The van der Waals surface area contributed by atoms with Crippen LogP contribution in [0.2, 0.25) is 8.67 Å². The number of ketones is 1. The van der Waals surface area contributed by atoms with Gasteiger partial charge in [-0.3, -0.25) is 9.59 Å². The fourth-order valence-electron chi connectivity index (χ4n) is 2.29. The van der Waals surface area contributed by atoms with Crippen molar-refractivity contribution in [3.8, 4) is 0 Å². The molecular weight excluding hydrogens is 293 g/mol. The van der Waals surface area contributed by atoms with Crippen molar-refractivity contribution >= 4 is 46.2 Å². The Bertz CT molecular complexity index is 486. The largest absolute Gasteiger partial charge is 0.335 e. The molecule has 1 aliphatic rings. The van der Waals surface area contributed by atoms with E-state index >= 15 is 0 Å². The zero-order chi connectivity index (χ0) is 13.3. The van der Waals surface area contributed by atoms with Gasteiger partial charge in [-0.15, -0.1) is 11.3 Å². The van der Waals surface area contributed by atoms with Gasteiger partial charge in [0.05, 0.1) is 9.90 Å². The first-order valence-electron chi connectivity index (χ1n) is 5.74. The molecule has 6 heteroatoms. The van der Waals surface area contributed by atoms with E-state index in [9.17, 15) is 9.59 Å². The Morgan fingerprint density at radius 3 is 2.78 bits per heavy atom. The van der Waals surface area contributed by atoms with E-state index in [4.69, 9.17) is 23.2 Å². The molecule has 1 aliphatic heterocycles. The van der Waals surface area contributed by atoms with Crippen molar-refractivity contribution in [3.63, 3.8) is 0 Å². The minimum absolute atomic E-state index is 0.00439. The van der Waals surface area contributed by atoms with Crippen molar-refractivity contribution in [2.45, 2.75) is 32.2 Å². The molecule has 0 saturated carbocycles. The number of carbonyl (C=O) groups is 2. The van der Waals surface area contributed by atoms with Gasteiger partial charge in [0.15, 0.2) is 0 Å². The summed E-state index contributed by atoms with van der Waals surface area (Å²) in [6.45, 7) is 2.23. The number of carbonyl (C=O) groups excluding carboxylic acids is 2. The number of amides is 1. The molecule has 0 N–H and O–H groups in total. The molecule has 1 atom stereocenters. The van der Waals surface area contributed by atoms with Crippen LogP contribution in [0.1, 0.15) is 36.5 Å². The van der Waals surface area contributed by atoms with Crippen molar-refractivity contribution in [3.05, 3.63) is 20.3 Å². The Morgan fingerprint density at radius 1 is 1.50 bits per heavy atom. The predicted octanol–water partition coefficient (Wildman–Crippen LogP) is 3.64. The third kappa shape index (κ3) is 2.87. The van der Waals surface area contributed by atoms with Crippen molar-refractivity contribution in [2.75, 3.05) is 6.54 Å². The molecule has 98 valence electrons. The summed E-state index contributed by atoms with van der Waals surface area (Å²) in [7, 11) is 0. The maximum Gasteiger partial charge on any atom is 0.256 e. The predicted molar refractivity (Wildman–Crippen MR) is 73.7 cm³/mol. The lowest BCUT2D eigenvalue weighted by Crippen LogP contribution is -2.36. The first-order valence-corrected chi connectivity index (χ1v) is 7.31. The molecule has 1 aromatic rings. The number of hydrogen-bond acceptors (Lipinski definition) is 3. The summed E-state index contributed by atoms with van der Waals surface area (Å²) < 4.78 is 0.920. The molecule has 1 saturated heterocycles. The Hall–Kier alpha value is -0.580. The first-order chi connectivity index (χ1) is 8.49. The van der Waals surface area contributed by atoms with Gasteiger partial charge < -0.3 is 4.90 Å². The van der Waals surface area contributed by atoms with Crippen molar-refractivity contribution in [1.82, 2.24) is 4.90 Å². The number of thiophene rings is 1. The molecule has 0 aromatic carbocycles. The monoisotopic (exact) mass is 305 g/mol. The minimum Gasteiger partial charge on any atom is -0.335 e. The Morgan fingerprint density at radius 2 is 2.22 bits per heavy atom. The zero-order valence-electron chi connectivity index (χ0n) is 9.91. The van der Waals surface area contributed by atoms with Crippen LogP contribution in [-0.4, -0.2) is 29.2 Å². The molecule has 2 rings (SSSR count). The fraction of sp³-hybridized carbons (Fsp3) is 0.500. The second-order valence-electron chi connectivity index (χ2n) is 4.44. The lowest BCUT2D eigenvalue weighted by molar-refractivity contribution is -0.117. The van der Waals surface area contributed by atoms with E-state index in [1.807, 2.05) is 0 Å². The summed E-state index contributed by atoms with van der Waals surface area (Å²) in [5.41, 5.74) is 0.446. The fourth-order valence-corrected chi connectivity index (χ4v) is 3.74. The van der Waals surface area contributed by atoms with E-state index in [2.05, 4.69) is 0 Å². The van der Waals surface area contributed by atoms with E-state index in [0.717, 1.165) is 12.8 Å². The second kappa shape index (κ2) is 5.59. The summed E-state index contributed by atoms with van der Waals surface area (Å²) in [4.78, 5) is 25.3. The molecule has 0 bridgehead atoms. The normalized spacial score (nSPS) is 19.3. The maximum absolute atomic E-state index is 12.4. The van der Waals surface area contributed by atoms with E-state index in [1.165, 1.54) is 11.3 Å². The van der Waals surface area contributed by atoms with Crippen LogP contribution in [0, 0.1) is 0 Å². The van der Waals surface area contributed by atoms with Crippen LogP contribution in [0.3, 0.4) is 0 Å². The second-order valence-corrected chi connectivity index (χ2v) is 6.72. The lowest BCUT2D eigenvalue weighted by Gasteiger charge is -2.23. The summed E-state index contributed by atoms with van der Waals surface area (Å²) in [6, 6.07) is 1.60. The quantitative estimate of drug-likeness (QED) is 0.855. The average Bonchev–Trinajstić information content (AvgIpc) is 2.83. The zero-order valence-corrected chi connectivity index (χ0v) is 12.2. The molecule has 3 nitrogen and oxygen atoms in total. The van der Waals surface area contributed by atoms with Crippen LogP contribution < -0.4 is 0 Å². The molecule has 1 aromatic heterocycles. The minimum atomic E-state index is -0.119. The maximum atomic E-state index is 12.4. The molecule has 2 heterocycles. The number of halogens is 2. The van der Waals surface area contributed by atoms with Crippen LogP contribution in [0.25, 0.3) is 0 Å². The van der Waals surface area contributed by atoms with Gasteiger partial charge in [-0.25, -0.2) is 0 Å². The van der Waals surface area contributed by atoms with E-state index < -0.39 is 0 Å². The average molecular weight is 306 g/mol. The SMILES string of the molecule is CC(=O)CC1CCCN1C(=O)c1cc(Cl)sc1Cl. The molecule has 18 heavy (non-hydrogen) atoms. The third-order valence-electron chi connectivity index (χ3n) is 3.05. The Kier molecular flexibility index (Phi) is 4.30. The molecule has 1 amide bonds. The lowest BCUT2D eigenvalue weighted by atomic mass is 10.1. The summed E-state index contributed by atoms with van der Waals surface area (Å²) in [5, 5.41) is 0. The van der Waals surface area contributed by atoms with Gasteiger partial charge in [0.25, 0.3) is 5.91 Å². The molecule has 0 radical (unpaired) electrons. The summed E-state index contributed by atoms with van der Waals surface area (Å²) >= 11 is 13.0. The van der Waals surface area contributed by atoms with Gasteiger partial charge in [-0.1, -0.05) is 23.2 Å². The van der Waals surface area contributed by atoms with Crippen LogP contribution in [0.15, 0.2) is 6.07 Å². The number of nitrogens with zero attached hydrogens (tertiary/aromatic N) is 1. The molecular formula is C12H13Cl2NO2S. The summed E-state index contributed by atoms with van der Waals surface area (Å²) in [6.07, 6.45) is 2.22. The highest BCUT2D eigenvalue weighted by atomic mass is 35.5. The summed E-state index contributed by atoms with van der Waals surface area (Å²) in [5.74, 6) is -0.0129. The highest BCUT2D eigenvalue weighted by Crippen LogP contribution is 2.33. The van der Waals surface area contributed by atoms with Crippen LogP contribution in [0.5, 0.6) is 0 Å². The highest BCUT2D eigenvalue weighted by Gasteiger charge is 2.31. The van der Waals surface area contributed by atoms with Crippen molar-refractivity contribution < 1.29 is 9.59 Å².